The zero-order chi connectivity index (χ0) is 18.4. The summed E-state index contributed by atoms with van der Waals surface area (Å²) in [4.78, 5) is 12.3. The van der Waals surface area contributed by atoms with Crippen molar-refractivity contribution in [2.45, 2.75) is 48.3 Å². The molecule has 4 nitrogen and oxygen atoms in total. The van der Waals surface area contributed by atoms with Gasteiger partial charge in [-0.1, -0.05) is 11.6 Å². The quantitative estimate of drug-likeness (QED) is 0.783. The fraction of sp³-hybridized carbons (Fsp3) is 0.588. The number of amides is 1. The van der Waals surface area contributed by atoms with Crippen LogP contribution in [0.3, 0.4) is 0 Å². The van der Waals surface area contributed by atoms with E-state index in [2.05, 4.69) is 5.32 Å². The molecule has 0 radical (unpaired) electrons. The van der Waals surface area contributed by atoms with Gasteiger partial charge in [0.05, 0.1) is 21.8 Å². The van der Waals surface area contributed by atoms with Crippen molar-refractivity contribution < 1.29 is 22.0 Å². The number of hydrogen-bond acceptors (Lipinski definition) is 3. The van der Waals surface area contributed by atoms with E-state index in [9.17, 15) is 22.0 Å². The van der Waals surface area contributed by atoms with Crippen LogP contribution in [0.2, 0.25) is 5.02 Å². The molecule has 2 aliphatic rings. The molecule has 1 N–H and O–H groups in total. The Morgan fingerprint density at radius 3 is 2.60 bits per heavy atom. The monoisotopic (exact) mass is 391 g/mol. The molecule has 3 rings (SSSR count). The number of carbonyl (C=O) groups is 1. The smallest absolute Gasteiger partial charge is 0.223 e. The normalized spacial score (nSPS) is 27.9. The standard InChI is InChI=1S/C17H20ClF2NO3S/c1-17(4-5-17)21-16(22)13-8-12(6-10(13)9-19)25(23,24)15-3-2-11(20)7-14(15)18/h2-3,7,10,12-13H,4-6,8-9H2,1H3,(H,21,22). The van der Waals surface area contributed by atoms with Gasteiger partial charge in [-0.2, -0.15) is 0 Å². The topological polar surface area (TPSA) is 63.2 Å². The van der Waals surface area contributed by atoms with Crippen molar-refractivity contribution in [3.05, 3.63) is 29.0 Å². The average molecular weight is 392 g/mol. The lowest BCUT2D eigenvalue weighted by Gasteiger charge is -2.19. The molecule has 0 heterocycles. The molecule has 0 bridgehead atoms. The lowest BCUT2D eigenvalue weighted by Crippen LogP contribution is -2.40. The fourth-order valence-electron chi connectivity index (χ4n) is 3.41. The molecule has 2 aliphatic carbocycles. The summed E-state index contributed by atoms with van der Waals surface area (Å²) < 4.78 is 52.2. The van der Waals surface area contributed by atoms with Crippen molar-refractivity contribution in [1.29, 1.82) is 0 Å². The predicted octanol–water partition coefficient (Wildman–Crippen LogP) is 3.29. The van der Waals surface area contributed by atoms with Gasteiger partial charge in [-0.15, -0.1) is 0 Å². The van der Waals surface area contributed by atoms with Crippen LogP contribution in [0.5, 0.6) is 0 Å². The van der Waals surface area contributed by atoms with Gasteiger partial charge < -0.3 is 5.32 Å². The first kappa shape index (κ1) is 18.6. The van der Waals surface area contributed by atoms with E-state index in [0.717, 1.165) is 31.0 Å². The van der Waals surface area contributed by atoms with Crippen molar-refractivity contribution in [2.24, 2.45) is 11.8 Å². The molecule has 25 heavy (non-hydrogen) atoms. The van der Waals surface area contributed by atoms with E-state index in [0.29, 0.717) is 0 Å². The molecule has 0 saturated heterocycles. The second-order valence-corrected chi connectivity index (χ2v) is 9.89. The van der Waals surface area contributed by atoms with E-state index in [1.54, 1.807) is 0 Å². The summed E-state index contributed by atoms with van der Waals surface area (Å²) in [5.41, 5.74) is -0.241. The van der Waals surface area contributed by atoms with Gasteiger partial charge in [0.15, 0.2) is 9.84 Å². The van der Waals surface area contributed by atoms with E-state index in [4.69, 9.17) is 11.6 Å². The Balaban J connectivity index is 1.82. The molecule has 2 saturated carbocycles. The minimum Gasteiger partial charge on any atom is -0.351 e. The molecule has 1 aromatic carbocycles. The van der Waals surface area contributed by atoms with Gasteiger partial charge in [-0.05, 0) is 50.8 Å². The third-order valence-corrected chi connectivity index (χ3v) is 7.91. The SMILES string of the molecule is CC1(NC(=O)C2CC(S(=O)(=O)c3ccc(F)cc3Cl)CC2CF)CC1. The average Bonchev–Trinajstić information content (AvgIpc) is 3.09. The summed E-state index contributed by atoms with van der Waals surface area (Å²) >= 11 is 5.88. The van der Waals surface area contributed by atoms with E-state index in [-0.39, 0.29) is 34.2 Å². The van der Waals surface area contributed by atoms with E-state index in [1.165, 1.54) is 0 Å². The lowest BCUT2D eigenvalue weighted by molar-refractivity contribution is -0.127. The van der Waals surface area contributed by atoms with E-state index >= 15 is 0 Å². The summed E-state index contributed by atoms with van der Waals surface area (Å²) in [6, 6.07) is 3.09. The largest absolute Gasteiger partial charge is 0.351 e. The van der Waals surface area contributed by atoms with Gasteiger partial charge in [0, 0.05) is 17.4 Å². The Bertz CT molecular complexity index is 795. The zero-order valence-corrected chi connectivity index (χ0v) is 15.3. The highest BCUT2D eigenvalue weighted by Crippen LogP contribution is 2.41. The third kappa shape index (κ3) is 3.67. The van der Waals surface area contributed by atoms with Crippen LogP contribution < -0.4 is 5.32 Å². The van der Waals surface area contributed by atoms with Gasteiger partial charge >= 0.3 is 0 Å². The number of halogens is 3. The maximum Gasteiger partial charge on any atom is 0.223 e. The lowest BCUT2D eigenvalue weighted by atomic mass is 9.96. The van der Waals surface area contributed by atoms with Crippen LogP contribution >= 0.6 is 11.6 Å². The maximum absolute atomic E-state index is 13.4. The minimum absolute atomic E-state index is 0.0482. The summed E-state index contributed by atoms with van der Waals surface area (Å²) in [7, 11) is -3.87. The molecule has 0 aromatic heterocycles. The number of sulfone groups is 1. The van der Waals surface area contributed by atoms with Crippen LogP contribution in [0.25, 0.3) is 0 Å². The van der Waals surface area contributed by atoms with Crippen LogP contribution in [0.15, 0.2) is 23.1 Å². The summed E-state index contributed by atoms with van der Waals surface area (Å²) in [6.07, 6.45) is 1.85. The molecule has 3 atom stereocenters. The van der Waals surface area contributed by atoms with E-state index in [1.807, 2.05) is 6.92 Å². The van der Waals surface area contributed by atoms with Crippen LogP contribution in [-0.4, -0.2) is 31.8 Å². The molecule has 2 fully saturated rings. The molecule has 0 spiro atoms. The summed E-state index contributed by atoms with van der Waals surface area (Å²) in [5, 5.41) is 1.79. The Hall–Kier alpha value is -1.21. The van der Waals surface area contributed by atoms with E-state index < -0.39 is 39.4 Å². The first-order valence-corrected chi connectivity index (χ1v) is 10.2. The second kappa shape index (κ2) is 6.50. The second-order valence-electron chi connectivity index (χ2n) is 7.28. The van der Waals surface area contributed by atoms with Crippen molar-refractivity contribution in [1.82, 2.24) is 5.32 Å². The number of hydrogen-bond donors (Lipinski definition) is 1. The molecular formula is C17H20ClF2NO3S. The van der Waals surface area contributed by atoms with Gasteiger partial charge in [0.1, 0.15) is 5.82 Å². The number of carbonyl (C=O) groups excluding carboxylic acids is 1. The van der Waals surface area contributed by atoms with Crippen LogP contribution in [0.1, 0.15) is 32.6 Å². The van der Waals surface area contributed by atoms with Crippen molar-refractivity contribution in [3.8, 4) is 0 Å². The molecule has 138 valence electrons. The molecule has 1 amide bonds. The molecular weight excluding hydrogens is 372 g/mol. The number of rotatable bonds is 5. The maximum atomic E-state index is 13.4. The number of nitrogens with one attached hydrogen (secondary N) is 1. The number of alkyl halides is 1. The fourth-order valence-corrected chi connectivity index (χ4v) is 5.81. The molecule has 8 heteroatoms. The Kier molecular flexibility index (Phi) is 4.83. The van der Waals surface area contributed by atoms with Gasteiger partial charge in [-0.3, -0.25) is 9.18 Å². The Labute approximate surface area is 150 Å². The molecule has 1 aromatic rings. The van der Waals surface area contributed by atoms with Crippen LogP contribution in [0.4, 0.5) is 8.78 Å². The predicted molar refractivity (Wildman–Crippen MR) is 90.4 cm³/mol. The number of benzene rings is 1. The van der Waals surface area contributed by atoms with Crippen molar-refractivity contribution in [2.75, 3.05) is 6.67 Å². The summed E-state index contributed by atoms with van der Waals surface area (Å²) in [6.45, 7) is 1.16. The van der Waals surface area contributed by atoms with Crippen LogP contribution in [0, 0.1) is 17.7 Å². The molecule has 3 unspecified atom stereocenters. The van der Waals surface area contributed by atoms with Gasteiger partial charge in [0.2, 0.25) is 5.91 Å². The van der Waals surface area contributed by atoms with Crippen molar-refractivity contribution >= 4 is 27.3 Å². The highest BCUT2D eigenvalue weighted by atomic mass is 35.5. The summed E-state index contributed by atoms with van der Waals surface area (Å²) in [5.74, 6) is -2.24. The zero-order valence-electron chi connectivity index (χ0n) is 13.8. The van der Waals surface area contributed by atoms with Crippen LogP contribution in [-0.2, 0) is 14.6 Å². The third-order valence-electron chi connectivity index (χ3n) is 5.25. The minimum atomic E-state index is -3.87. The molecule has 0 aliphatic heterocycles. The highest BCUT2D eigenvalue weighted by Gasteiger charge is 2.47. The first-order chi connectivity index (χ1) is 11.7. The van der Waals surface area contributed by atoms with Gasteiger partial charge in [-0.25, -0.2) is 12.8 Å². The van der Waals surface area contributed by atoms with Gasteiger partial charge in [0.25, 0.3) is 0 Å². The highest BCUT2D eigenvalue weighted by molar-refractivity contribution is 7.92. The first-order valence-electron chi connectivity index (χ1n) is 8.23. The Morgan fingerprint density at radius 1 is 1.36 bits per heavy atom. The van der Waals surface area contributed by atoms with Crippen molar-refractivity contribution in [3.63, 3.8) is 0 Å². The Morgan fingerprint density at radius 2 is 2.04 bits per heavy atom.